The van der Waals surface area contributed by atoms with E-state index in [9.17, 15) is 4.79 Å². The van der Waals surface area contributed by atoms with Crippen molar-refractivity contribution in [3.8, 4) is 17.2 Å². The number of carbonyl (C=O) groups is 1. The molecular formula is C25H34N2O4. The van der Waals surface area contributed by atoms with Crippen molar-refractivity contribution >= 4 is 5.91 Å². The highest BCUT2D eigenvalue weighted by Crippen LogP contribution is 2.27. The van der Waals surface area contributed by atoms with Crippen molar-refractivity contribution in [1.82, 2.24) is 10.2 Å². The van der Waals surface area contributed by atoms with E-state index in [1.165, 1.54) is 5.56 Å². The van der Waals surface area contributed by atoms with Crippen LogP contribution in [0.3, 0.4) is 0 Å². The van der Waals surface area contributed by atoms with E-state index in [0.29, 0.717) is 24.0 Å². The van der Waals surface area contributed by atoms with Crippen LogP contribution >= 0.6 is 0 Å². The third-order valence-electron chi connectivity index (χ3n) is 6.17. The Labute approximate surface area is 185 Å². The number of piperidine rings is 1. The summed E-state index contributed by atoms with van der Waals surface area (Å²) >= 11 is 0. The summed E-state index contributed by atoms with van der Waals surface area (Å²) in [6, 6.07) is 13.9. The van der Waals surface area contributed by atoms with E-state index in [4.69, 9.17) is 14.2 Å². The summed E-state index contributed by atoms with van der Waals surface area (Å²) in [7, 11) is 4.91. The second-order valence-electron chi connectivity index (χ2n) is 8.11. The van der Waals surface area contributed by atoms with Crippen molar-refractivity contribution in [3.63, 3.8) is 0 Å². The molecule has 2 aromatic rings. The van der Waals surface area contributed by atoms with Gasteiger partial charge in [0.05, 0.1) is 27.4 Å². The minimum atomic E-state index is -0.137. The van der Waals surface area contributed by atoms with Crippen LogP contribution in [-0.4, -0.2) is 51.3 Å². The molecule has 2 aromatic carbocycles. The summed E-state index contributed by atoms with van der Waals surface area (Å²) in [4.78, 5) is 15.0. The zero-order valence-electron chi connectivity index (χ0n) is 19.0. The minimum Gasteiger partial charge on any atom is -0.497 e. The first-order valence-corrected chi connectivity index (χ1v) is 10.9. The van der Waals surface area contributed by atoms with Gasteiger partial charge in [0.1, 0.15) is 5.75 Å². The molecule has 168 valence electrons. The Morgan fingerprint density at radius 3 is 2.23 bits per heavy atom. The lowest BCUT2D eigenvalue weighted by molar-refractivity contribution is -0.126. The van der Waals surface area contributed by atoms with Gasteiger partial charge in [-0.1, -0.05) is 18.2 Å². The third-order valence-corrected chi connectivity index (χ3v) is 6.17. The number of hydrogen-bond donors (Lipinski definition) is 1. The smallest absolute Gasteiger partial charge is 0.237 e. The molecule has 0 saturated carbocycles. The van der Waals surface area contributed by atoms with Gasteiger partial charge in [0, 0.05) is 6.54 Å². The second-order valence-corrected chi connectivity index (χ2v) is 8.11. The van der Waals surface area contributed by atoms with Crippen LogP contribution in [-0.2, 0) is 17.8 Å². The molecule has 6 nitrogen and oxygen atoms in total. The Hall–Kier alpha value is -2.73. The zero-order chi connectivity index (χ0) is 22.2. The maximum absolute atomic E-state index is 12.7. The molecule has 31 heavy (non-hydrogen) atoms. The van der Waals surface area contributed by atoms with Crippen molar-refractivity contribution in [3.05, 3.63) is 53.6 Å². The van der Waals surface area contributed by atoms with Gasteiger partial charge in [-0.2, -0.15) is 0 Å². The molecule has 1 aliphatic rings. The van der Waals surface area contributed by atoms with Crippen molar-refractivity contribution in [1.29, 1.82) is 0 Å². The highest BCUT2D eigenvalue weighted by atomic mass is 16.5. The lowest BCUT2D eigenvalue weighted by Crippen LogP contribution is -2.48. The molecule has 0 spiro atoms. The minimum absolute atomic E-state index is 0.0587. The Morgan fingerprint density at radius 2 is 1.61 bits per heavy atom. The van der Waals surface area contributed by atoms with Crippen LogP contribution in [0.1, 0.15) is 30.9 Å². The average Bonchev–Trinajstić information content (AvgIpc) is 2.82. The monoisotopic (exact) mass is 426 g/mol. The van der Waals surface area contributed by atoms with Crippen molar-refractivity contribution in [2.45, 2.75) is 38.8 Å². The number of nitrogens with one attached hydrogen (secondary N) is 1. The summed E-state index contributed by atoms with van der Waals surface area (Å²) < 4.78 is 15.8. The number of carbonyl (C=O) groups excluding carboxylic acids is 1. The molecule has 1 unspecified atom stereocenters. The van der Waals surface area contributed by atoms with Crippen LogP contribution in [0.15, 0.2) is 42.5 Å². The number of hydrogen-bond acceptors (Lipinski definition) is 5. The molecule has 1 heterocycles. The molecule has 1 aliphatic heterocycles. The molecule has 0 aliphatic carbocycles. The van der Waals surface area contributed by atoms with E-state index >= 15 is 0 Å². The van der Waals surface area contributed by atoms with Gasteiger partial charge in [0.15, 0.2) is 11.5 Å². The van der Waals surface area contributed by atoms with E-state index in [1.807, 2.05) is 37.3 Å². The van der Waals surface area contributed by atoms with E-state index in [1.54, 1.807) is 21.3 Å². The van der Waals surface area contributed by atoms with Crippen LogP contribution < -0.4 is 19.5 Å². The van der Waals surface area contributed by atoms with Crippen LogP contribution in [0.2, 0.25) is 0 Å². The van der Waals surface area contributed by atoms with E-state index in [0.717, 1.165) is 43.7 Å². The van der Waals surface area contributed by atoms with Gasteiger partial charge in [0.2, 0.25) is 5.91 Å². The predicted molar refractivity (Wildman–Crippen MR) is 122 cm³/mol. The highest BCUT2D eigenvalue weighted by Gasteiger charge is 2.26. The van der Waals surface area contributed by atoms with Gasteiger partial charge in [-0.3, -0.25) is 9.69 Å². The summed E-state index contributed by atoms with van der Waals surface area (Å²) in [5.41, 5.74) is 2.33. The molecule has 1 amide bonds. The third kappa shape index (κ3) is 6.14. The number of methoxy groups -OCH3 is 3. The molecule has 0 aromatic heterocycles. The van der Waals surface area contributed by atoms with Gasteiger partial charge in [-0.15, -0.1) is 0 Å². The topological polar surface area (TPSA) is 60.0 Å². The maximum atomic E-state index is 12.7. The molecular weight excluding hydrogens is 392 g/mol. The van der Waals surface area contributed by atoms with Gasteiger partial charge < -0.3 is 19.5 Å². The first-order valence-electron chi connectivity index (χ1n) is 10.9. The summed E-state index contributed by atoms with van der Waals surface area (Å²) in [5, 5.41) is 3.06. The number of likely N-dealkylation sites (tertiary alicyclic amines) is 1. The van der Waals surface area contributed by atoms with Crippen molar-refractivity contribution in [2.75, 3.05) is 34.4 Å². The lowest BCUT2D eigenvalue weighted by Gasteiger charge is -2.35. The summed E-state index contributed by atoms with van der Waals surface area (Å²) in [6.45, 7) is 4.36. The second kappa shape index (κ2) is 11.0. The molecule has 3 rings (SSSR count). The zero-order valence-corrected chi connectivity index (χ0v) is 19.0. The van der Waals surface area contributed by atoms with E-state index in [2.05, 4.69) is 22.3 Å². The van der Waals surface area contributed by atoms with Gasteiger partial charge in [-0.25, -0.2) is 0 Å². The quantitative estimate of drug-likeness (QED) is 0.663. The molecule has 1 saturated heterocycles. The van der Waals surface area contributed by atoms with Crippen LogP contribution in [0, 0.1) is 5.92 Å². The molecule has 6 heteroatoms. The van der Waals surface area contributed by atoms with Gasteiger partial charge in [0.25, 0.3) is 0 Å². The number of nitrogens with zero attached hydrogens (tertiary/aromatic N) is 1. The van der Waals surface area contributed by atoms with Gasteiger partial charge in [-0.05, 0) is 80.6 Å². The predicted octanol–water partition coefficient (Wildman–Crippen LogP) is 3.67. The fourth-order valence-electron chi connectivity index (χ4n) is 4.13. The van der Waals surface area contributed by atoms with Crippen molar-refractivity contribution < 1.29 is 19.0 Å². The van der Waals surface area contributed by atoms with Crippen LogP contribution in [0.4, 0.5) is 0 Å². The standard InChI is InChI=1S/C25H34N2O4/c1-18(25(28)26-17-21-7-10-23(30-3)24(16-21)31-4)27-13-11-20(12-14-27)15-19-5-8-22(29-2)9-6-19/h5-10,16,18,20H,11-15,17H2,1-4H3,(H,26,28). The first-order chi connectivity index (χ1) is 15.0. The summed E-state index contributed by atoms with van der Waals surface area (Å²) in [6.07, 6.45) is 3.30. The largest absolute Gasteiger partial charge is 0.497 e. The average molecular weight is 427 g/mol. The molecule has 0 radical (unpaired) electrons. The number of ether oxygens (including phenoxy) is 3. The van der Waals surface area contributed by atoms with Crippen LogP contribution in [0.5, 0.6) is 17.2 Å². The fraction of sp³-hybridized carbons (Fsp3) is 0.480. The molecule has 0 bridgehead atoms. The normalized spacial score (nSPS) is 15.9. The molecule has 1 atom stereocenters. The number of rotatable bonds is 9. The lowest BCUT2D eigenvalue weighted by atomic mass is 9.89. The highest BCUT2D eigenvalue weighted by molar-refractivity contribution is 5.81. The first kappa shape index (κ1) is 22.9. The Bertz CT molecular complexity index is 845. The SMILES string of the molecule is COc1ccc(CC2CCN(C(C)C(=O)NCc3ccc(OC)c(OC)c3)CC2)cc1. The van der Waals surface area contributed by atoms with Gasteiger partial charge >= 0.3 is 0 Å². The Balaban J connectivity index is 1.45. The summed E-state index contributed by atoms with van der Waals surface area (Å²) in [5.74, 6) is 2.96. The van der Waals surface area contributed by atoms with Crippen LogP contribution in [0.25, 0.3) is 0 Å². The van der Waals surface area contributed by atoms with E-state index in [-0.39, 0.29) is 11.9 Å². The Morgan fingerprint density at radius 1 is 0.968 bits per heavy atom. The number of benzene rings is 2. The maximum Gasteiger partial charge on any atom is 0.237 e. The fourth-order valence-corrected chi connectivity index (χ4v) is 4.13. The number of amides is 1. The molecule has 1 fully saturated rings. The molecule has 1 N–H and O–H groups in total. The Kier molecular flexibility index (Phi) is 8.18. The van der Waals surface area contributed by atoms with Crippen molar-refractivity contribution in [2.24, 2.45) is 5.92 Å². The van der Waals surface area contributed by atoms with E-state index < -0.39 is 0 Å².